The van der Waals surface area contributed by atoms with Crippen molar-refractivity contribution >= 4 is 11.9 Å². The number of carbonyl (C=O) groups excluding carboxylic acids is 2. The van der Waals surface area contributed by atoms with Crippen LogP contribution in [0.5, 0.6) is 17.2 Å². The third-order valence-electron chi connectivity index (χ3n) is 5.63. The molecule has 6 nitrogen and oxygen atoms in total. The van der Waals surface area contributed by atoms with Gasteiger partial charge in [0.05, 0.1) is 25.9 Å². The monoisotopic (exact) mass is 512 g/mol. The Morgan fingerprint density at radius 1 is 0.816 bits per heavy atom. The maximum absolute atomic E-state index is 12.6. The van der Waals surface area contributed by atoms with Gasteiger partial charge in [-0.3, -0.25) is 0 Å². The average molecular weight is 513 g/mol. The van der Waals surface area contributed by atoms with Gasteiger partial charge in [0.25, 0.3) is 0 Å². The minimum atomic E-state index is -0.436. The molecule has 0 aliphatic heterocycles. The molecule has 3 aromatic carbocycles. The van der Waals surface area contributed by atoms with E-state index in [-0.39, 0.29) is 5.97 Å². The van der Waals surface area contributed by atoms with Gasteiger partial charge in [0.1, 0.15) is 17.2 Å². The van der Waals surface area contributed by atoms with E-state index in [2.05, 4.69) is 18.4 Å². The zero-order valence-corrected chi connectivity index (χ0v) is 21.8. The van der Waals surface area contributed by atoms with Crippen LogP contribution in [0.2, 0.25) is 0 Å². The van der Waals surface area contributed by atoms with E-state index in [1.807, 2.05) is 43.3 Å². The Kier molecular flexibility index (Phi) is 11.0. The number of methoxy groups -OCH3 is 1. The zero-order valence-electron chi connectivity index (χ0n) is 21.8. The van der Waals surface area contributed by atoms with Crippen LogP contribution in [0.3, 0.4) is 0 Å². The summed E-state index contributed by atoms with van der Waals surface area (Å²) in [6, 6.07) is 19.9. The second kappa shape index (κ2) is 14.9. The standard InChI is InChI=1S/C32H32O6/c1-4-31(33)37-22-8-6-5-7-21-36-29-18-14-27(15-19-29)32(34)38-30-20-13-26(23-24(30)2)10-9-25-11-16-28(35-3)17-12-25/h4,11-20,23H,1,5-8,21-22H2,2-3H3. The van der Waals surface area contributed by atoms with Crippen molar-refractivity contribution in [2.75, 3.05) is 20.3 Å². The molecule has 0 aliphatic rings. The molecule has 0 N–H and O–H groups in total. The van der Waals surface area contributed by atoms with E-state index in [0.29, 0.717) is 30.3 Å². The van der Waals surface area contributed by atoms with Crippen LogP contribution in [-0.2, 0) is 9.53 Å². The Labute approximate surface area is 224 Å². The number of carbonyl (C=O) groups is 2. The van der Waals surface area contributed by atoms with Crippen LogP contribution in [0.25, 0.3) is 0 Å². The molecule has 0 amide bonds. The summed E-state index contributed by atoms with van der Waals surface area (Å²) in [6.07, 6.45) is 4.79. The number of esters is 2. The predicted molar refractivity (Wildman–Crippen MR) is 147 cm³/mol. The summed E-state index contributed by atoms with van der Waals surface area (Å²) in [6.45, 7) is 6.22. The Morgan fingerprint density at radius 3 is 2.11 bits per heavy atom. The molecule has 0 atom stereocenters. The fourth-order valence-corrected chi connectivity index (χ4v) is 3.49. The van der Waals surface area contributed by atoms with Gasteiger partial charge in [0.15, 0.2) is 0 Å². The van der Waals surface area contributed by atoms with Crippen LogP contribution >= 0.6 is 0 Å². The third-order valence-corrected chi connectivity index (χ3v) is 5.63. The molecular weight excluding hydrogens is 480 g/mol. The van der Waals surface area contributed by atoms with Crippen molar-refractivity contribution in [1.29, 1.82) is 0 Å². The van der Waals surface area contributed by atoms with Gasteiger partial charge in [-0.05, 0) is 105 Å². The lowest BCUT2D eigenvalue weighted by atomic mass is 10.1. The first-order valence-corrected chi connectivity index (χ1v) is 12.5. The minimum absolute atomic E-state index is 0.389. The topological polar surface area (TPSA) is 71.1 Å². The maximum Gasteiger partial charge on any atom is 0.343 e. The number of aryl methyl sites for hydroxylation is 1. The molecule has 0 saturated carbocycles. The van der Waals surface area contributed by atoms with E-state index in [0.717, 1.165) is 48.1 Å². The van der Waals surface area contributed by atoms with Gasteiger partial charge in [-0.2, -0.15) is 0 Å². The van der Waals surface area contributed by atoms with Crippen LogP contribution in [0.15, 0.2) is 79.4 Å². The second-order valence-electron chi connectivity index (χ2n) is 8.51. The molecule has 0 aliphatic carbocycles. The van der Waals surface area contributed by atoms with Gasteiger partial charge < -0.3 is 18.9 Å². The van der Waals surface area contributed by atoms with Gasteiger partial charge in [-0.15, -0.1) is 0 Å². The summed E-state index contributed by atoms with van der Waals surface area (Å²) >= 11 is 0. The molecule has 3 aromatic rings. The Bertz CT molecular complexity index is 1280. The first-order valence-electron chi connectivity index (χ1n) is 12.5. The largest absolute Gasteiger partial charge is 0.497 e. The third kappa shape index (κ3) is 9.18. The number of hydrogen-bond acceptors (Lipinski definition) is 6. The van der Waals surface area contributed by atoms with Crippen molar-refractivity contribution in [3.8, 4) is 29.1 Å². The van der Waals surface area contributed by atoms with E-state index in [1.54, 1.807) is 37.4 Å². The number of benzene rings is 3. The second-order valence-corrected chi connectivity index (χ2v) is 8.51. The number of unbranched alkanes of at least 4 members (excludes halogenated alkanes) is 3. The highest BCUT2D eigenvalue weighted by Gasteiger charge is 2.11. The molecule has 38 heavy (non-hydrogen) atoms. The number of ether oxygens (including phenoxy) is 4. The first kappa shape index (κ1) is 28.1. The molecule has 0 aromatic heterocycles. The normalized spacial score (nSPS) is 10.1. The fourth-order valence-electron chi connectivity index (χ4n) is 3.49. The molecule has 0 fully saturated rings. The minimum Gasteiger partial charge on any atom is -0.497 e. The highest BCUT2D eigenvalue weighted by atomic mass is 16.5. The van der Waals surface area contributed by atoms with Crippen molar-refractivity contribution < 1.29 is 28.5 Å². The molecule has 0 spiro atoms. The summed E-state index contributed by atoms with van der Waals surface area (Å²) < 4.78 is 21.5. The molecule has 6 heteroatoms. The lowest BCUT2D eigenvalue weighted by Gasteiger charge is -2.09. The molecule has 3 rings (SSSR count). The van der Waals surface area contributed by atoms with Crippen LogP contribution < -0.4 is 14.2 Å². The SMILES string of the molecule is C=CC(=O)OCCCCCCOc1ccc(C(=O)Oc2ccc(C#Cc3ccc(OC)cc3)cc2C)cc1. The van der Waals surface area contributed by atoms with Crippen LogP contribution in [0.4, 0.5) is 0 Å². The fraction of sp³-hybridized carbons (Fsp3) is 0.250. The van der Waals surface area contributed by atoms with Crippen LogP contribution in [0, 0.1) is 18.8 Å². The highest BCUT2D eigenvalue weighted by molar-refractivity contribution is 5.91. The van der Waals surface area contributed by atoms with Gasteiger partial charge in [0, 0.05) is 17.2 Å². The molecule has 0 saturated heterocycles. The van der Waals surface area contributed by atoms with Crippen LogP contribution in [0.1, 0.15) is 52.7 Å². The van der Waals surface area contributed by atoms with Crippen molar-refractivity contribution in [3.63, 3.8) is 0 Å². The van der Waals surface area contributed by atoms with Crippen molar-refractivity contribution in [1.82, 2.24) is 0 Å². The van der Waals surface area contributed by atoms with Gasteiger partial charge >= 0.3 is 11.9 Å². The highest BCUT2D eigenvalue weighted by Crippen LogP contribution is 2.21. The smallest absolute Gasteiger partial charge is 0.343 e. The molecule has 0 radical (unpaired) electrons. The zero-order chi connectivity index (χ0) is 27.2. The molecule has 0 heterocycles. The number of rotatable bonds is 12. The van der Waals surface area contributed by atoms with Gasteiger partial charge in [0.2, 0.25) is 0 Å². The Balaban J connectivity index is 1.43. The predicted octanol–water partition coefficient (Wildman–Crippen LogP) is 6.29. The number of hydrogen-bond donors (Lipinski definition) is 0. The molecular formula is C32H32O6. The van der Waals surface area contributed by atoms with E-state index in [4.69, 9.17) is 18.9 Å². The summed E-state index contributed by atoms with van der Waals surface area (Å²) in [4.78, 5) is 23.6. The maximum atomic E-state index is 12.6. The summed E-state index contributed by atoms with van der Waals surface area (Å²) in [5.74, 6) is 7.40. The van der Waals surface area contributed by atoms with Gasteiger partial charge in [-0.25, -0.2) is 9.59 Å². The summed E-state index contributed by atoms with van der Waals surface area (Å²) in [5.41, 5.74) is 2.97. The lowest BCUT2D eigenvalue weighted by molar-refractivity contribution is -0.137. The van der Waals surface area contributed by atoms with Crippen molar-refractivity contribution in [2.45, 2.75) is 32.6 Å². The van der Waals surface area contributed by atoms with E-state index in [9.17, 15) is 9.59 Å². The average Bonchev–Trinajstić information content (AvgIpc) is 2.95. The summed E-state index contributed by atoms with van der Waals surface area (Å²) in [5, 5.41) is 0. The Morgan fingerprint density at radius 2 is 1.45 bits per heavy atom. The first-order chi connectivity index (χ1) is 18.5. The van der Waals surface area contributed by atoms with E-state index >= 15 is 0 Å². The van der Waals surface area contributed by atoms with E-state index < -0.39 is 5.97 Å². The summed E-state index contributed by atoms with van der Waals surface area (Å²) in [7, 11) is 1.63. The Hall–Kier alpha value is -4.50. The van der Waals surface area contributed by atoms with Crippen molar-refractivity contribution in [2.24, 2.45) is 0 Å². The molecule has 196 valence electrons. The van der Waals surface area contributed by atoms with Gasteiger partial charge in [-0.1, -0.05) is 18.4 Å². The van der Waals surface area contributed by atoms with Crippen molar-refractivity contribution in [3.05, 3.63) is 102 Å². The molecule has 0 unspecified atom stereocenters. The molecule has 0 bridgehead atoms. The van der Waals surface area contributed by atoms with Crippen LogP contribution in [-0.4, -0.2) is 32.3 Å². The quantitative estimate of drug-likeness (QED) is 0.0934. The van der Waals surface area contributed by atoms with E-state index in [1.165, 1.54) is 6.08 Å². The lowest BCUT2D eigenvalue weighted by Crippen LogP contribution is -2.09.